The van der Waals surface area contributed by atoms with E-state index in [9.17, 15) is 9.59 Å². The van der Waals surface area contributed by atoms with Crippen LogP contribution in [-0.4, -0.2) is 17.9 Å². The molecule has 1 aliphatic carbocycles. The molecule has 0 aliphatic heterocycles. The molecule has 0 bridgehead atoms. The average Bonchev–Trinajstić information content (AvgIpc) is 2.48. The largest absolute Gasteiger partial charge is 0.353 e. The monoisotopic (exact) mass is 330 g/mol. The Balaban J connectivity index is 1.93. The van der Waals surface area contributed by atoms with Gasteiger partial charge in [0, 0.05) is 18.7 Å². The quantitative estimate of drug-likeness (QED) is 0.879. The minimum atomic E-state index is -0.0917. The topological polar surface area (TPSA) is 58.2 Å². The lowest BCUT2D eigenvalue weighted by atomic mass is 9.69. The second-order valence-electron chi connectivity index (χ2n) is 7.99. The Morgan fingerprint density at radius 3 is 2.29 bits per heavy atom. The van der Waals surface area contributed by atoms with Crippen molar-refractivity contribution >= 4 is 17.5 Å². The van der Waals surface area contributed by atoms with Gasteiger partial charge in [-0.15, -0.1) is 0 Å². The molecule has 1 aromatic rings. The Morgan fingerprint density at radius 1 is 1.08 bits per heavy atom. The molecule has 24 heavy (non-hydrogen) atoms. The fraction of sp³-hybridized carbons (Fsp3) is 0.600. The highest BCUT2D eigenvalue weighted by molar-refractivity contribution is 5.88. The van der Waals surface area contributed by atoms with Gasteiger partial charge in [-0.1, -0.05) is 45.7 Å². The summed E-state index contributed by atoms with van der Waals surface area (Å²) in [6.07, 6.45) is 5.12. The molecule has 2 rings (SSSR count). The molecule has 2 atom stereocenters. The number of carbonyl (C=O) groups excluding carboxylic acids is 2. The summed E-state index contributed by atoms with van der Waals surface area (Å²) in [6.45, 7) is 8.28. The smallest absolute Gasteiger partial charge is 0.224 e. The maximum absolute atomic E-state index is 12.4. The van der Waals surface area contributed by atoms with Gasteiger partial charge >= 0.3 is 0 Å². The molecular weight excluding hydrogens is 300 g/mol. The highest BCUT2D eigenvalue weighted by Gasteiger charge is 2.34. The molecule has 0 saturated heterocycles. The maximum Gasteiger partial charge on any atom is 0.224 e. The Kier molecular flexibility index (Phi) is 6.03. The van der Waals surface area contributed by atoms with Crippen LogP contribution in [0.15, 0.2) is 24.3 Å². The SMILES string of the molecule is CC(=O)Nc1ccc(CC(=O)NC2CCCCC2C(C)(C)C)cc1. The maximum atomic E-state index is 12.4. The van der Waals surface area contributed by atoms with Crippen LogP contribution in [0.1, 0.15) is 58.9 Å². The summed E-state index contributed by atoms with van der Waals surface area (Å²) in [4.78, 5) is 23.5. The van der Waals surface area contributed by atoms with Gasteiger partial charge in [-0.3, -0.25) is 9.59 Å². The number of hydrogen-bond acceptors (Lipinski definition) is 2. The summed E-state index contributed by atoms with van der Waals surface area (Å²) in [5, 5.41) is 6.00. The van der Waals surface area contributed by atoms with E-state index in [1.807, 2.05) is 24.3 Å². The fourth-order valence-corrected chi connectivity index (χ4v) is 3.69. The third-order valence-electron chi connectivity index (χ3n) is 4.86. The van der Waals surface area contributed by atoms with Crippen LogP contribution in [0.3, 0.4) is 0 Å². The number of nitrogens with one attached hydrogen (secondary N) is 2. The normalized spacial score (nSPS) is 21.2. The van der Waals surface area contributed by atoms with Crippen LogP contribution in [-0.2, 0) is 16.0 Å². The van der Waals surface area contributed by atoms with Crippen LogP contribution in [0.5, 0.6) is 0 Å². The van der Waals surface area contributed by atoms with Gasteiger partial charge < -0.3 is 10.6 Å². The van der Waals surface area contributed by atoms with Gasteiger partial charge in [0.2, 0.25) is 11.8 Å². The molecule has 2 unspecified atom stereocenters. The van der Waals surface area contributed by atoms with Crippen molar-refractivity contribution in [1.82, 2.24) is 5.32 Å². The second-order valence-corrected chi connectivity index (χ2v) is 7.99. The van der Waals surface area contributed by atoms with Gasteiger partial charge in [0.15, 0.2) is 0 Å². The Labute approximate surface area is 145 Å². The second kappa shape index (κ2) is 7.82. The molecule has 1 aliphatic rings. The highest BCUT2D eigenvalue weighted by Crippen LogP contribution is 2.38. The molecule has 0 aromatic heterocycles. The summed E-state index contributed by atoms with van der Waals surface area (Å²) in [6, 6.07) is 7.75. The van der Waals surface area contributed by atoms with E-state index in [4.69, 9.17) is 0 Å². The standard InChI is InChI=1S/C20H30N2O2/c1-14(23)21-16-11-9-15(10-12-16)13-19(24)22-18-8-6-5-7-17(18)20(2,3)4/h9-12,17-18H,5-8,13H2,1-4H3,(H,21,23)(H,22,24). The molecule has 4 heteroatoms. The number of carbonyl (C=O) groups is 2. The van der Waals surface area contributed by atoms with Gasteiger partial charge in [-0.25, -0.2) is 0 Å². The Morgan fingerprint density at radius 2 is 1.71 bits per heavy atom. The first-order chi connectivity index (χ1) is 11.3. The van der Waals surface area contributed by atoms with Crippen molar-refractivity contribution in [2.24, 2.45) is 11.3 Å². The van der Waals surface area contributed by atoms with Crippen LogP contribution in [0.4, 0.5) is 5.69 Å². The van der Waals surface area contributed by atoms with Gasteiger partial charge in [0.25, 0.3) is 0 Å². The molecule has 1 saturated carbocycles. The third kappa shape index (κ3) is 5.36. The first-order valence-corrected chi connectivity index (χ1v) is 8.91. The van der Waals surface area contributed by atoms with E-state index in [0.29, 0.717) is 12.3 Å². The first kappa shape index (κ1) is 18.5. The average molecular weight is 330 g/mol. The predicted molar refractivity (Wildman–Crippen MR) is 97.8 cm³/mol. The third-order valence-corrected chi connectivity index (χ3v) is 4.86. The number of hydrogen-bond donors (Lipinski definition) is 2. The van der Waals surface area contributed by atoms with Gasteiger partial charge in [-0.05, 0) is 41.9 Å². The van der Waals surface area contributed by atoms with Crippen molar-refractivity contribution in [2.45, 2.75) is 65.8 Å². The van der Waals surface area contributed by atoms with E-state index in [1.165, 1.54) is 26.2 Å². The van der Waals surface area contributed by atoms with Crippen LogP contribution in [0.25, 0.3) is 0 Å². The Hall–Kier alpha value is -1.84. The lowest BCUT2D eigenvalue weighted by Gasteiger charge is -2.40. The van der Waals surface area contributed by atoms with Crippen LogP contribution in [0, 0.1) is 11.3 Å². The van der Waals surface area contributed by atoms with E-state index in [1.54, 1.807) is 0 Å². The van der Waals surface area contributed by atoms with E-state index in [-0.39, 0.29) is 23.3 Å². The summed E-state index contributed by atoms with van der Waals surface area (Å²) >= 11 is 0. The lowest BCUT2D eigenvalue weighted by Crippen LogP contribution is -2.47. The zero-order chi connectivity index (χ0) is 17.7. The van der Waals surface area contributed by atoms with Crippen molar-refractivity contribution in [3.8, 4) is 0 Å². The Bertz CT molecular complexity index is 572. The van der Waals surface area contributed by atoms with Crippen molar-refractivity contribution in [2.75, 3.05) is 5.32 Å². The summed E-state index contributed by atoms with van der Waals surface area (Å²) in [5.41, 5.74) is 1.94. The number of amides is 2. The van der Waals surface area contributed by atoms with E-state index in [0.717, 1.165) is 17.7 Å². The number of benzene rings is 1. The molecule has 2 amide bonds. The van der Waals surface area contributed by atoms with Crippen LogP contribution >= 0.6 is 0 Å². The van der Waals surface area contributed by atoms with Crippen LogP contribution in [0.2, 0.25) is 0 Å². The molecule has 1 aromatic carbocycles. The molecule has 0 heterocycles. The molecule has 4 nitrogen and oxygen atoms in total. The van der Waals surface area contributed by atoms with Crippen molar-refractivity contribution in [3.63, 3.8) is 0 Å². The molecule has 2 N–H and O–H groups in total. The molecule has 0 radical (unpaired) electrons. The zero-order valence-electron chi connectivity index (χ0n) is 15.3. The zero-order valence-corrected chi connectivity index (χ0v) is 15.3. The molecule has 1 fully saturated rings. The first-order valence-electron chi connectivity index (χ1n) is 8.91. The number of anilines is 1. The van der Waals surface area contributed by atoms with Gasteiger partial charge in [-0.2, -0.15) is 0 Å². The molecule has 0 spiro atoms. The van der Waals surface area contributed by atoms with Gasteiger partial charge in [0.1, 0.15) is 0 Å². The van der Waals surface area contributed by atoms with E-state index in [2.05, 4.69) is 31.4 Å². The summed E-state index contributed by atoms with van der Waals surface area (Å²) < 4.78 is 0. The summed E-state index contributed by atoms with van der Waals surface area (Å²) in [5.74, 6) is 0.534. The molecule has 132 valence electrons. The van der Waals surface area contributed by atoms with Gasteiger partial charge in [0.05, 0.1) is 6.42 Å². The van der Waals surface area contributed by atoms with E-state index >= 15 is 0 Å². The number of rotatable bonds is 4. The van der Waals surface area contributed by atoms with Crippen molar-refractivity contribution < 1.29 is 9.59 Å². The minimum Gasteiger partial charge on any atom is -0.353 e. The minimum absolute atomic E-state index is 0.0865. The highest BCUT2D eigenvalue weighted by atomic mass is 16.2. The fourth-order valence-electron chi connectivity index (χ4n) is 3.69. The van der Waals surface area contributed by atoms with Crippen molar-refractivity contribution in [3.05, 3.63) is 29.8 Å². The van der Waals surface area contributed by atoms with E-state index < -0.39 is 0 Å². The summed E-state index contributed by atoms with van der Waals surface area (Å²) in [7, 11) is 0. The van der Waals surface area contributed by atoms with Crippen molar-refractivity contribution in [1.29, 1.82) is 0 Å². The van der Waals surface area contributed by atoms with Crippen LogP contribution < -0.4 is 10.6 Å². The molecular formula is C20H30N2O2. The lowest BCUT2D eigenvalue weighted by molar-refractivity contribution is -0.122. The predicted octanol–water partition coefficient (Wildman–Crippen LogP) is 3.91.